The van der Waals surface area contributed by atoms with Crippen molar-refractivity contribution >= 4 is 28.9 Å². The minimum Gasteiger partial charge on any atom is -0.508 e. The molecule has 2 rings (SSSR count). The van der Waals surface area contributed by atoms with E-state index in [1.165, 1.54) is 0 Å². The summed E-state index contributed by atoms with van der Waals surface area (Å²) in [4.78, 5) is 0. The normalized spacial score (nSPS) is 10.4. The van der Waals surface area contributed by atoms with Gasteiger partial charge in [0.1, 0.15) is 5.75 Å². The van der Waals surface area contributed by atoms with E-state index in [4.69, 9.17) is 23.2 Å². The summed E-state index contributed by atoms with van der Waals surface area (Å²) in [7, 11) is 0. The van der Waals surface area contributed by atoms with Crippen molar-refractivity contribution in [1.29, 1.82) is 0 Å². The van der Waals surface area contributed by atoms with Gasteiger partial charge in [-0.3, -0.25) is 0 Å². The van der Waals surface area contributed by atoms with Gasteiger partial charge in [0.2, 0.25) is 0 Å². The van der Waals surface area contributed by atoms with Crippen LogP contribution in [0.4, 0.5) is 5.69 Å². The molecule has 0 aromatic heterocycles. The molecular formula is C14H13Cl2NO. The van der Waals surface area contributed by atoms with E-state index in [-0.39, 0.29) is 5.75 Å². The molecule has 18 heavy (non-hydrogen) atoms. The van der Waals surface area contributed by atoms with Crippen molar-refractivity contribution in [2.45, 2.75) is 13.5 Å². The lowest BCUT2D eigenvalue weighted by Crippen LogP contribution is -2.00. The summed E-state index contributed by atoms with van der Waals surface area (Å²) in [6.45, 7) is 2.45. The zero-order valence-electron chi connectivity index (χ0n) is 9.87. The maximum atomic E-state index is 9.69. The molecule has 0 bridgehead atoms. The van der Waals surface area contributed by atoms with Crippen molar-refractivity contribution in [2.75, 3.05) is 5.32 Å². The van der Waals surface area contributed by atoms with Crippen LogP contribution in [0.3, 0.4) is 0 Å². The molecule has 0 saturated carbocycles. The molecule has 0 aliphatic carbocycles. The average Bonchev–Trinajstić information content (AvgIpc) is 2.32. The average molecular weight is 282 g/mol. The first-order chi connectivity index (χ1) is 8.56. The SMILES string of the molecule is Cc1ccc(NCc2cc(Cl)ccc2O)c(Cl)c1. The Kier molecular flexibility index (Phi) is 4.00. The quantitative estimate of drug-likeness (QED) is 0.861. The highest BCUT2D eigenvalue weighted by atomic mass is 35.5. The summed E-state index contributed by atoms with van der Waals surface area (Å²) in [6, 6.07) is 10.7. The Morgan fingerprint density at radius 1 is 1.11 bits per heavy atom. The first-order valence-electron chi connectivity index (χ1n) is 5.53. The fraction of sp³-hybridized carbons (Fsp3) is 0.143. The Bertz CT molecular complexity index is 570. The fourth-order valence-electron chi connectivity index (χ4n) is 1.65. The molecule has 2 aromatic carbocycles. The van der Waals surface area contributed by atoms with Gasteiger partial charge < -0.3 is 10.4 Å². The predicted octanol–water partition coefficient (Wildman–Crippen LogP) is 4.62. The lowest BCUT2D eigenvalue weighted by Gasteiger charge is -2.10. The van der Waals surface area contributed by atoms with E-state index in [0.29, 0.717) is 16.6 Å². The molecule has 2 N–H and O–H groups in total. The van der Waals surface area contributed by atoms with E-state index in [2.05, 4.69) is 5.32 Å². The predicted molar refractivity (Wildman–Crippen MR) is 76.6 cm³/mol. The Balaban J connectivity index is 2.13. The maximum Gasteiger partial charge on any atom is 0.120 e. The number of hydrogen-bond acceptors (Lipinski definition) is 2. The fourth-order valence-corrected chi connectivity index (χ4v) is 2.15. The number of anilines is 1. The molecule has 0 spiro atoms. The van der Waals surface area contributed by atoms with Crippen LogP contribution in [-0.2, 0) is 6.54 Å². The van der Waals surface area contributed by atoms with Gasteiger partial charge in [0.05, 0.1) is 10.7 Å². The van der Waals surface area contributed by atoms with E-state index < -0.39 is 0 Å². The van der Waals surface area contributed by atoms with Crippen LogP contribution in [-0.4, -0.2) is 5.11 Å². The maximum absolute atomic E-state index is 9.69. The van der Waals surface area contributed by atoms with Crippen LogP contribution in [0.2, 0.25) is 10.0 Å². The minimum absolute atomic E-state index is 0.218. The Morgan fingerprint density at radius 2 is 1.89 bits per heavy atom. The summed E-state index contributed by atoms with van der Waals surface area (Å²) in [5.41, 5.74) is 2.68. The third kappa shape index (κ3) is 3.09. The lowest BCUT2D eigenvalue weighted by molar-refractivity contribution is 0.469. The number of halogens is 2. The van der Waals surface area contributed by atoms with Gasteiger partial charge >= 0.3 is 0 Å². The van der Waals surface area contributed by atoms with E-state index in [1.54, 1.807) is 18.2 Å². The molecular weight excluding hydrogens is 269 g/mol. The van der Waals surface area contributed by atoms with Gasteiger partial charge in [0.25, 0.3) is 0 Å². The zero-order valence-corrected chi connectivity index (χ0v) is 11.4. The highest BCUT2D eigenvalue weighted by molar-refractivity contribution is 6.33. The molecule has 0 aliphatic heterocycles. The molecule has 2 aromatic rings. The summed E-state index contributed by atoms with van der Waals surface area (Å²) in [5, 5.41) is 14.1. The van der Waals surface area contributed by atoms with Gasteiger partial charge in [-0.1, -0.05) is 29.3 Å². The molecule has 0 atom stereocenters. The number of rotatable bonds is 3. The third-order valence-electron chi connectivity index (χ3n) is 2.64. The van der Waals surface area contributed by atoms with Gasteiger partial charge in [-0.2, -0.15) is 0 Å². The van der Waals surface area contributed by atoms with Crippen molar-refractivity contribution < 1.29 is 5.11 Å². The highest BCUT2D eigenvalue weighted by Gasteiger charge is 2.04. The molecule has 4 heteroatoms. The van der Waals surface area contributed by atoms with E-state index in [1.807, 2.05) is 25.1 Å². The van der Waals surface area contributed by atoms with Gasteiger partial charge in [0.15, 0.2) is 0 Å². The molecule has 0 aliphatic rings. The first kappa shape index (κ1) is 13.1. The van der Waals surface area contributed by atoms with Crippen molar-refractivity contribution in [2.24, 2.45) is 0 Å². The lowest BCUT2D eigenvalue weighted by atomic mass is 10.2. The molecule has 0 amide bonds. The second kappa shape index (κ2) is 5.51. The molecule has 0 unspecified atom stereocenters. The van der Waals surface area contributed by atoms with E-state index in [9.17, 15) is 5.11 Å². The van der Waals surface area contributed by atoms with E-state index >= 15 is 0 Å². The van der Waals surface area contributed by atoms with Crippen molar-refractivity contribution in [3.05, 3.63) is 57.6 Å². The Morgan fingerprint density at radius 3 is 2.61 bits per heavy atom. The summed E-state index contributed by atoms with van der Waals surface area (Å²) < 4.78 is 0. The zero-order chi connectivity index (χ0) is 13.1. The molecule has 94 valence electrons. The number of benzene rings is 2. The topological polar surface area (TPSA) is 32.3 Å². The van der Waals surface area contributed by atoms with E-state index in [0.717, 1.165) is 16.8 Å². The molecule has 0 radical (unpaired) electrons. The number of nitrogens with one attached hydrogen (secondary N) is 1. The first-order valence-corrected chi connectivity index (χ1v) is 6.29. The van der Waals surface area contributed by atoms with Gasteiger partial charge in [-0.15, -0.1) is 0 Å². The van der Waals surface area contributed by atoms with Crippen LogP contribution in [0.5, 0.6) is 5.75 Å². The van der Waals surface area contributed by atoms with Crippen LogP contribution < -0.4 is 5.32 Å². The number of hydrogen-bond donors (Lipinski definition) is 2. The standard InChI is InChI=1S/C14H13Cl2NO/c1-9-2-4-13(12(16)6-9)17-8-10-7-11(15)3-5-14(10)18/h2-7,17-18H,8H2,1H3. The molecule has 0 fully saturated rings. The van der Waals surface area contributed by atoms with Gasteiger partial charge in [-0.05, 0) is 42.8 Å². The largest absolute Gasteiger partial charge is 0.508 e. The Hall–Kier alpha value is -1.38. The van der Waals surface area contributed by atoms with Crippen molar-refractivity contribution in [3.8, 4) is 5.75 Å². The number of phenolic OH excluding ortho intramolecular Hbond substituents is 1. The summed E-state index contributed by atoms with van der Waals surface area (Å²) in [5.74, 6) is 0.218. The summed E-state index contributed by atoms with van der Waals surface area (Å²) >= 11 is 12.0. The monoisotopic (exact) mass is 281 g/mol. The van der Waals surface area contributed by atoms with Crippen LogP contribution in [0.25, 0.3) is 0 Å². The Labute approximate surface area is 116 Å². The van der Waals surface area contributed by atoms with Gasteiger partial charge in [0, 0.05) is 17.1 Å². The van der Waals surface area contributed by atoms with Crippen LogP contribution >= 0.6 is 23.2 Å². The van der Waals surface area contributed by atoms with Crippen molar-refractivity contribution in [3.63, 3.8) is 0 Å². The van der Waals surface area contributed by atoms with Gasteiger partial charge in [-0.25, -0.2) is 0 Å². The number of phenols is 1. The number of aromatic hydroxyl groups is 1. The van der Waals surface area contributed by atoms with Crippen LogP contribution in [0.15, 0.2) is 36.4 Å². The van der Waals surface area contributed by atoms with Crippen molar-refractivity contribution in [1.82, 2.24) is 0 Å². The number of aryl methyl sites for hydroxylation is 1. The van der Waals surface area contributed by atoms with Crippen LogP contribution in [0, 0.1) is 6.92 Å². The third-order valence-corrected chi connectivity index (χ3v) is 3.18. The van der Waals surface area contributed by atoms with Crippen LogP contribution in [0.1, 0.15) is 11.1 Å². The second-order valence-electron chi connectivity index (χ2n) is 4.11. The molecule has 0 saturated heterocycles. The minimum atomic E-state index is 0.218. The second-order valence-corrected chi connectivity index (χ2v) is 4.95. The smallest absolute Gasteiger partial charge is 0.120 e. The highest BCUT2D eigenvalue weighted by Crippen LogP contribution is 2.26. The summed E-state index contributed by atoms with van der Waals surface area (Å²) in [6.07, 6.45) is 0. The molecule has 2 nitrogen and oxygen atoms in total. The molecule has 0 heterocycles.